The van der Waals surface area contributed by atoms with E-state index >= 15 is 0 Å². The molecule has 0 radical (unpaired) electrons. The molecule has 5 heteroatoms. The SMILES string of the molecule is CCS(=O)CCNc1nncc2ccccc12. The minimum absolute atomic E-state index is 0.640. The Bertz CT molecular complexity index is 525. The van der Waals surface area contributed by atoms with Crippen LogP contribution in [-0.4, -0.2) is 32.5 Å². The fraction of sp³-hybridized carbons (Fsp3) is 0.333. The van der Waals surface area contributed by atoms with Gasteiger partial charge in [-0.05, 0) is 0 Å². The van der Waals surface area contributed by atoms with E-state index in [9.17, 15) is 4.21 Å². The summed E-state index contributed by atoms with van der Waals surface area (Å²) in [6, 6.07) is 7.95. The maximum absolute atomic E-state index is 11.3. The Labute approximate surface area is 103 Å². The first-order chi connectivity index (χ1) is 8.31. The number of fused-ring (bicyclic) bond motifs is 1. The fourth-order valence-electron chi connectivity index (χ4n) is 1.59. The summed E-state index contributed by atoms with van der Waals surface area (Å²) in [6.45, 7) is 2.58. The third-order valence-electron chi connectivity index (χ3n) is 2.51. The number of anilines is 1. The van der Waals surface area contributed by atoms with Gasteiger partial charge < -0.3 is 5.32 Å². The molecule has 0 bridgehead atoms. The van der Waals surface area contributed by atoms with Crippen LogP contribution >= 0.6 is 0 Å². The average Bonchev–Trinajstić information content (AvgIpc) is 2.39. The van der Waals surface area contributed by atoms with Crippen LogP contribution in [0.25, 0.3) is 10.8 Å². The van der Waals surface area contributed by atoms with Crippen molar-refractivity contribution in [1.29, 1.82) is 0 Å². The van der Waals surface area contributed by atoms with Crippen molar-refractivity contribution >= 4 is 27.4 Å². The minimum Gasteiger partial charge on any atom is -0.367 e. The van der Waals surface area contributed by atoms with Crippen LogP contribution in [0.1, 0.15) is 6.92 Å². The predicted octanol–water partition coefficient (Wildman–Crippen LogP) is 1.81. The van der Waals surface area contributed by atoms with Gasteiger partial charge in [0.25, 0.3) is 0 Å². The molecule has 2 aromatic rings. The zero-order valence-electron chi connectivity index (χ0n) is 9.72. The van der Waals surface area contributed by atoms with Crippen LogP contribution in [0.4, 0.5) is 5.82 Å². The summed E-state index contributed by atoms with van der Waals surface area (Å²) in [5.74, 6) is 2.10. The first-order valence-corrected chi connectivity index (χ1v) is 7.09. The van der Waals surface area contributed by atoms with Crippen molar-refractivity contribution in [1.82, 2.24) is 10.2 Å². The van der Waals surface area contributed by atoms with Crippen molar-refractivity contribution in [3.05, 3.63) is 30.5 Å². The normalized spacial score (nSPS) is 12.5. The van der Waals surface area contributed by atoms with E-state index in [-0.39, 0.29) is 0 Å². The van der Waals surface area contributed by atoms with E-state index in [1.54, 1.807) is 6.20 Å². The van der Waals surface area contributed by atoms with Crippen molar-refractivity contribution in [3.63, 3.8) is 0 Å². The lowest BCUT2D eigenvalue weighted by Gasteiger charge is -2.06. The molecule has 2 rings (SSSR count). The molecule has 90 valence electrons. The Kier molecular flexibility index (Phi) is 4.03. The van der Waals surface area contributed by atoms with Gasteiger partial charge in [-0.3, -0.25) is 4.21 Å². The highest BCUT2D eigenvalue weighted by Crippen LogP contribution is 2.18. The molecular formula is C12H15N3OS. The average molecular weight is 249 g/mol. The third-order valence-corrected chi connectivity index (χ3v) is 3.82. The van der Waals surface area contributed by atoms with Gasteiger partial charge in [-0.15, -0.1) is 5.10 Å². The molecule has 0 aliphatic heterocycles. The van der Waals surface area contributed by atoms with E-state index in [0.29, 0.717) is 18.1 Å². The van der Waals surface area contributed by atoms with Gasteiger partial charge >= 0.3 is 0 Å². The second-order valence-electron chi connectivity index (χ2n) is 3.64. The molecule has 0 aliphatic carbocycles. The maximum Gasteiger partial charge on any atom is 0.156 e. The monoisotopic (exact) mass is 249 g/mol. The molecule has 17 heavy (non-hydrogen) atoms. The topological polar surface area (TPSA) is 54.9 Å². The third kappa shape index (κ3) is 3.00. The summed E-state index contributed by atoms with van der Waals surface area (Å²) in [4.78, 5) is 0. The van der Waals surface area contributed by atoms with Crippen molar-refractivity contribution in [2.75, 3.05) is 23.4 Å². The maximum atomic E-state index is 11.3. The largest absolute Gasteiger partial charge is 0.367 e. The van der Waals surface area contributed by atoms with E-state index < -0.39 is 10.8 Å². The summed E-state index contributed by atoms with van der Waals surface area (Å²) in [5, 5.41) is 13.3. The van der Waals surface area contributed by atoms with Gasteiger partial charge in [0, 0.05) is 39.6 Å². The Morgan fingerprint density at radius 1 is 1.35 bits per heavy atom. The molecule has 1 N–H and O–H groups in total. The van der Waals surface area contributed by atoms with E-state index in [4.69, 9.17) is 0 Å². The van der Waals surface area contributed by atoms with Gasteiger partial charge in [0.2, 0.25) is 0 Å². The van der Waals surface area contributed by atoms with E-state index in [2.05, 4.69) is 15.5 Å². The van der Waals surface area contributed by atoms with Crippen LogP contribution in [-0.2, 0) is 10.8 Å². The Hall–Kier alpha value is -1.49. The molecular weight excluding hydrogens is 234 g/mol. The highest BCUT2D eigenvalue weighted by molar-refractivity contribution is 7.84. The molecule has 1 aromatic carbocycles. The minimum atomic E-state index is -0.745. The number of aromatic nitrogens is 2. The molecule has 0 saturated carbocycles. The second kappa shape index (κ2) is 5.72. The molecule has 0 fully saturated rings. The van der Waals surface area contributed by atoms with Gasteiger partial charge in [0.15, 0.2) is 5.82 Å². The number of benzene rings is 1. The Morgan fingerprint density at radius 2 is 2.18 bits per heavy atom. The lowest BCUT2D eigenvalue weighted by atomic mass is 10.2. The van der Waals surface area contributed by atoms with Gasteiger partial charge in [-0.25, -0.2) is 0 Å². The highest BCUT2D eigenvalue weighted by atomic mass is 32.2. The van der Waals surface area contributed by atoms with Gasteiger partial charge in [-0.2, -0.15) is 5.10 Å². The standard InChI is InChI=1S/C12H15N3OS/c1-2-17(16)8-7-13-12-11-6-4-3-5-10(11)9-14-15-12/h3-6,9H,2,7-8H2,1H3,(H,13,15). The molecule has 0 amide bonds. The van der Waals surface area contributed by atoms with Crippen molar-refractivity contribution < 1.29 is 4.21 Å². The molecule has 1 unspecified atom stereocenters. The molecule has 0 spiro atoms. The molecule has 4 nitrogen and oxygen atoms in total. The number of nitrogens with zero attached hydrogens (tertiary/aromatic N) is 2. The number of rotatable bonds is 5. The lowest BCUT2D eigenvalue weighted by Crippen LogP contribution is -2.13. The summed E-state index contributed by atoms with van der Waals surface area (Å²) in [5.41, 5.74) is 0. The predicted molar refractivity (Wildman–Crippen MR) is 71.6 cm³/mol. The van der Waals surface area contributed by atoms with Gasteiger partial charge in [0.1, 0.15) is 0 Å². The van der Waals surface area contributed by atoms with Gasteiger partial charge in [0.05, 0.1) is 6.20 Å². The first-order valence-electron chi connectivity index (χ1n) is 5.60. The van der Waals surface area contributed by atoms with E-state index in [1.165, 1.54) is 0 Å². The van der Waals surface area contributed by atoms with Crippen molar-refractivity contribution in [2.24, 2.45) is 0 Å². The second-order valence-corrected chi connectivity index (χ2v) is 5.51. The zero-order chi connectivity index (χ0) is 12.1. The number of hydrogen-bond acceptors (Lipinski definition) is 4. The zero-order valence-corrected chi connectivity index (χ0v) is 10.5. The van der Waals surface area contributed by atoms with Crippen LogP contribution < -0.4 is 5.32 Å². The Morgan fingerprint density at radius 3 is 3.00 bits per heavy atom. The van der Waals surface area contributed by atoms with E-state index in [0.717, 1.165) is 16.6 Å². The highest BCUT2D eigenvalue weighted by Gasteiger charge is 2.02. The quantitative estimate of drug-likeness (QED) is 0.878. The number of hydrogen-bond donors (Lipinski definition) is 1. The lowest BCUT2D eigenvalue weighted by molar-refractivity contribution is 0.684. The first kappa shape index (κ1) is 12.0. The summed E-state index contributed by atoms with van der Waals surface area (Å²) < 4.78 is 11.3. The fourth-order valence-corrected chi connectivity index (χ4v) is 2.20. The molecule has 0 saturated heterocycles. The van der Waals surface area contributed by atoms with Crippen LogP contribution in [0.2, 0.25) is 0 Å². The Balaban J connectivity index is 2.11. The van der Waals surface area contributed by atoms with Crippen molar-refractivity contribution in [2.45, 2.75) is 6.92 Å². The van der Waals surface area contributed by atoms with Crippen LogP contribution in [0, 0.1) is 0 Å². The van der Waals surface area contributed by atoms with Crippen molar-refractivity contribution in [3.8, 4) is 0 Å². The van der Waals surface area contributed by atoms with Gasteiger partial charge in [-0.1, -0.05) is 31.2 Å². The molecule has 1 heterocycles. The summed E-state index contributed by atoms with van der Waals surface area (Å²) in [6.07, 6.45) is 1.74. The molecule has 1 atom stereocenters. The summed E-state index contributed by atoms with van der Waals surface area (Å²) in [7, 11) is -0.745. The molecule has 0 aliphatic rings. The van der Waals surface area contributed by atoms with E-state index in [1.807, 2.05) is 31.2 Å². The smallest absolute Gasteiger partial charge is 0.156 e. The number of nitrogens with one attached hydrogen (secondary N) is 1. The van der Waals surface area contributed by atoms with Crippen LogP contribution in [0.3, 0.4) is 0 Å². The molecule has 1 aromatic heterocycles. The summed E-state index contributed by atoms with van der Waals surface area (Å²) >= 11 is 0. The van der Waals surface area contributed by atoms with Crippen LogP contribution in [0.15, 0.2) is 30.5 Å². The van der Waals surface area contributed by atoms with Crippen LogP contribution in [0.5, 0.6) is 0 Å².